The number of halogens is 3. The van der Waals surface area contributed by atoms with Crippen molar-refractivity contribution in [1.82, 2.24) is 19.7 Å². The van der Waals surface area contributed by atoms with Crippen molar-refractivity contribution in [2.45, 2.75) is 36.1 Å². The Morgan fingerprint density at radius 3 is 2.83 bits per heavy atom. The molecule has 0 spiro atoms. The van der Waals surface area contributed by atoms with E-state index in [4.69, 9.17) is 0 Å². The van der Waals surface area contributed by atoms with Crippen molar-refractivity contribution < 1.29 is 18.0 Å². The molecule has 0 bridgehead atoms. The number of hydrogen-bond donors (Lipinski definition) is 0. The summed E-state index contributed by atoms with van der Waals surface area (Å²) in [5, 5.41) is 9.38. The topological polar surface area (TPSA) is 66.6 Å². The summed E-state index contributed by atoms with van der Waals surface area (Å²) in [5.74, 6) is 1.73. The van der Waals surface area contributed by atoms with Gasteiger partial charge in [0.25, 0.3) is 5.91 Å². The molecule has 1 aromatic carbocycles. The first-order chi connectivity index (χ1) is 16.8. The van der Waals surface area contributed by atoms with E-state index in [1.165, 1.54) is 18.2 Å². The third-order valence-electron chi connectivity index (χ3n) is 6.95. The largest absolute Gasteiger partial charge is 0.416 e. The van der Waals surface area contributed by atoms with Crippen LogP contribution < -0.4 is 4.90 Å². The first-order valence-electron chi connectivity index (χ1n) is 11.7. The molecule has 3 aliphatic rings. The van der Waals surface area contributed by atoms with Crippen LogP contribution in [0.1, 0.15) is 30.1 Å². The van der Waals surface area contributed by atoms with Gasteiger partial charge in [0.05, 0.1) is 11.5 Å². The van der Waals surface area contributed by atoms with Crippen LogP contribution in [0.4, 0.5) is 18.9 Å². The Morgan fingerprint density at radius 1 is 1.20 bits per heavy atom. The van der Waals surface area contributed by atoms with Gasteiger partial charge in [0.1, 0.15) is 5.82 Å². The van der Waals surface area contributed by atoms with Gasteiger partial charge < -0.3 is 14.4 Å². The minimum absolute atomic E-state index is 0.150. The smallest absolute Gasteiger partial charge is 0.367 e. The lowest BCUT2D eigenvalue weighted by Gasteiger charge is -2.27. The van der Waals surface area contributed by atoms with Gasteiger partial charge >= 0.3 is 6.18 Å². The second-order valence-electron chi connectivity index (χ2n) is 9.22. The van der Waals surface area contributed by atoms with E-state index in [1.54, 1.807) is 30.1 Å². The summed E-state index contributed by atoms with van der Waals surface area (Å²) in [6.07, 6.45) is 2.49. The van der Waals surface area contributed by atoms with Crippen molar-refractivity contribution in [3.8, 4) is 0 Å². The minimum Gasteiger partial charge on any atom is -0.367 e. The monoisotopic (exact) mass is 504 g/mol. The van der Waals surface area contributed by atoms with Crippen LogP contribution in [0.2, 0.25) is 0 Å². The predicted octanol–water partition coefficient (Wildman–Crippen LogP) is 3.78. The van der Waals surface area contributed by atoms with Crippen LogP contribution in [0.3, 0.4) is 0 Å². The molecule has 186 valence electrons. The molecule has 0 saturated carbocycles. The molecule has 0 aliphatic carbocycles. The molecule has 1 aromatic heterocycles. The van der Waals surface area contributed by atoms with E-state index in [2.05, 4.69) is 25.0 Å². The molecule has 2 fully saturated rings. The Balaban J connectivity index is 1.11. The Labute approximate surface area is 206 Å². The number of anilines is 1. The van der Waals surface area contributed by atoms with Crippen molar-refractivity contribution in [3.63, 3.8) is 0 Å². The minimum atomic E-state index is -4.32. The van der Waals surface area contributed by atoms with Crippen molar-refractivity contribution in [2.75, 3.05) is 36.8 Å². The van der Waals surface area contributed by atoms with Crippen molar-refractivity contribution in [1.29, 1.82) is 0 Å². The van der Waals surface area contributed by atoms with E-state index in [9.17, 15) is 18.0 Å². The molecular formula is C24H27F3N6OS. The number of benzene rings is 1. The van der Waals surface area contributed by atoms with Gasteiger partial charge in [-0.1, -0.05) is 23.9 Å². The predicted molar refractivity (Wildman–Crippen MR) is 129 cm³/mol. The number of amides is 1. The number of carbonyl (C=O) groups is 1. The first-order valence-corrected chi connectivity index (χ1v) is 12.7. The lowest BCUT2D eigenvalue weighted by molar-refractivity contribution is -0.137. The van der Waals surface area contributed by atoms with Crippen LogP contribution in [-0.4, -0.2) is 69.8 Å². The Bertz CT molecular complexity index is 1130. The average molecular weight is 505 g/mol. The molecular weight excluding hydrogens is 477 g/mol. The van der Waals surface area contributed by atoms with E-state index < -0.39 is 11.7 Å². The highest BCUT2D eigenvalue weighted by molar-refractivity contribution is 7.99. The zero-order valence-corrected chi connectivity index (χ0v) is 20.2. The first kappa shape index (κ1) is 24.1. The normalized spacial score (nSPS) is 24.5. The number of nitrogens with zero attached hydrogens (tertiary/aromatic N) is 6. The maximum Gasteiger partial charge on any atom is 0.416 e. The van der Waals surface area contributed by atoms with E-state index in [0.717, 1.165) is 61.8 Å². The fraction of sp³-hybridized carbons (Fsp3) is 0.500. The van der Waals surface area contributed by atoms with Gasteiger partial charge in [-0.25, -0.2) is 4.99 Å². The van der Waals surface area contributed by atoms with E-state index in [-0.39, 0.29) is 17.9 Å². The Kier molecular flexibility index (Phi) is 6.71. The average Bonchev–Trinajstić information content (AvgIpc) is 3.51. The van der Waals surface area contributed by atoms with Gasteiger partial charge in [-0.05, 0) is 43.5 Å². The molecule has 7 nitrogen and oxygen atoms in total. The molecule has 3 unspecified atom stereocenters. The van der Waals surface area contributed by atoms with E-state index in [0.29, 0.717) is 11.6 Å². The Morgan fingerprint density at radius 2 is 2.06 bits per heavy atom. The van der Waals surface area contributed by atoms with Crippen LogP contribution in [0.25, 0.3) is 0 Å². The third kappa shape index (κ3) is 5.16. The van der Waals surface area contributed by atoms with E-state index >= 15 is 0 Å². The molecule has 4 heterocycles. The maximum absolute atomic E-state index is 13.2. The summed E-state index contributed by atoms with van der Waals surface area (Å²) >= 11 is 1.65. The molecule has 3 aliphatic heterocycles. The molecule has 2 saturated heterocycles. The van der Waals surface area contributed by atoms with Gasteiger partial charge in [-0.15, -0.1) is 10.2 Å². The number of aromatic nitrogens is 3. The number of alkyl halides is 3. The Hall–Kier alpha value is -2.66. The van der Waals surface area contributed by atoms with Crippen LogP contribution in [0, 0.1) is 5.92 Å². The number of fused-ring (bicyclic) bond motifs is 1. The van der Waals surface area contributed by atoms with E-state index in [1.807, 2.05) is 11.6 Å². The van der Waals surface area contributed by atoms with Crippen molar-refractivity contribution in [2.24, 2.45) is 18.0 Å². The summed E-state index contributed by atoms with van der Waals surface area (Å²) in [7, 11) is 1.92. The number of thioether (sulfide) groups is 1. The number of hydrogen-bond acceptors (Lipinski definition) is 6. The molecule has 5 rings (SSSR count). The second-order valence-corrected chi connectivity index (χ2v) is 10.3. The highest BCUT2D eigenvalue weighted by Gasteiger charge is 2.41. The summed E-state index contributed by atoms with van der Waals surface area (Å²) in [6, 6.07) is 5.98. The zero-order valence-electron chi connectivity index (χ0n) is 19.4. The quantitative estimate of drug-likeness (QED) is 0.423. The summed E-state index contributed by atoms with van der Waals surface area (Å²) in [5.41, 5.74) is 0.0857. The molecule has 2 aromatic rings. The molecule has 11 heteroatoms. The van der Waals surface area contributed by atoms with Crippen LogP contribution in [-0.2, 0) is 18.0 Å². The van der Waals surface area contributed by atoms with Crippen molar-refractivity contribution in [3.05, 3.63) is 47.8 Å². The maximum atomic E-state index is 13.2. The molecule has 1 amide bonds. The fourth-order valence-electron chi connectivity index (χ4n) is 5.19. The molecule has 35 heavy (non-hydrogen) atoms. The second kappa shape index (κ2) is 9.77. The van der Waals surface area contributed by atoms with Gasteiger partial charge in [-0.3, -0.25) is 4.79 Å². The molecule has 0 N–H and O–H groups in total. The van der Waals surface area contributed by atoms with Crippen LogP contribution in [0.5, 0.6) is 0 Å². The van der Waals surface area contributed by atoms with Gasteiger partial charge in [-0.2, -0.15) is 13.2 Å². The van der Waals surface area contributed by atoms with Gasteiger partial charge in [0.2, 0.25) is 0 Å². The number of dihydropyridines is 1. The van der Waals surface area contributed by atoms with Crippen LogP contribution >= 0.6 is 11.8 Å². The third-order valence-corrected chi connectivity index (χ3v) is 8.06. The van der Waals surface area contributed by atoms with Gasteiger partial charge in [0.15, 0.2) is 5.16 Å². The fourth-order valence-corrected chi connectivity index (χ4v) is 6.03. The number of likely N-dealkylation sites (tertiary alicyclic amines) is 1. The lowest BCUT2D eigenvalue weighted by atomic mass is 10.0. The standard InChI is InChI=1S/C24H27F3N6OS/c1-31-22(16-6-7-21(34)28-13-16)29-30-23(31)35-11-3-9-32-14-17-8-10-33(20(17)15-32)19-5-2-4-18(12-19)24(25,26)27/h2,4-7,12-13,16-17,20H,3,8-11,14-15H2,1H3. The summed E-state index contributed by atoms with van der Waals surface area (Å²) < 4.78 is 41.4. The number of aliphatic imine (C=N–C) groups is 1. The summed E-state index contributed by atoms with van der Waals surface area (Å²) in [4.78, 5) is 19.6. The van der Waals surface area contributed by atoms with Crippen molar-refractivity contribution >= 4 is 29.6 Å². The van der Waals surface area contributed by atoms with Crippen LogP contribution in [0.15, 0.2) is 46.6 Å². The molecule has 0 radical (unpaired) electrons. The lowest BCUT2D eigenvalue weighted by Crippen LogP contribution is -2.35. The summed E-state index contributed by atoms with van der Waals surface area (Å²) in [6.45, 7) is 3.63. The number of rotatable bonds is 7. The highest BCUT2D eigenvalue weighted by atomic mass is 32.2. The molecule has 3 atom stereocenters. The highest BCUT2D eigenvalue weighted by Crippen LogP contribution is 2.38. The number of allylic oxidation sites excluding steroid dienone is 1. The van der Waals surface area contributed by atoms with Gasteiger partial charge in [0, 0.05) is 56.5 Å². The zero-order chi connectivity index (χ0) is 24.6. The SMILES string of the molecule is Cn1c(SCCCN2CC3CCN(c4cccc(C(F)(F)F)c4)C3C2)nnc1C1C=CC(=O)N=C1. The number of carbonyl (C=O) groups excluding carboxylic acids is 1.